The van der Waals surface area contributed by atoms with E-state index in [0.29, 0.717) is 0 Å². The van der Waals surface area contributed by atoms with E-state index in [4.69, 9.17) is 0 Å². The van der Waals surface area contributed by atoms with E-state index in [9.17, 15) is 4.79 Å². The van der Waals surface area contributed by atoms with Crippen LogP contribution in [0.25, 0.3) is 0 Å². The first-order chi connectivity index (χ1) is 7.45. The molecular formula is C13H18BrNO. The summed E-state index contributed by atoms with van der Waals surface area (Å²) in [6.45, 7) is 5.81. The van der Waals surface area contributed by atoms with Crippen molar-refractivity contribution in [3.8, 4) is 0 Å². The molecule has 0 aromatic heterocycles. The van der Waals surface area contributed by atoms with E-state index < -0.39 is 4.32 Å². The maximum Gasteiger partial charge on any atom is 0.240 e. The van der Waals surface area contributed by atoms with Crippen molar-refractivity contribution in [2.75, 3.05) is 5.32 Å². The third-order valence-corrected chi connectivity index (χ3v) is 2.68. The third-order valence-electron chi connectivity index (χ3n) is 2.32. The van der Waals surface area contributed by atoms with Gasteiger partial charge in [0.05, 0.1) is 4.32 Å². The number of nitrogens with one attached hydrogen (secondary N) is 1. The Hall–Kier alpha value is -0.830. The predicted molar refractivity (Wildman–Crippen MR) is 72.1 cm³/mol. The fraction of sp³-hybridized carbons (Fsp3) is 0.462. The summed E-state index contributed by atoms with van der Waals surface area (Å²) in [6.07, 6.45) is 2.06. The number of anilines is 1. The van der Waals surface area contributed by atoms with Gasteiger partial charge in [0.2, 0.25) is 5.91 Å². The van der Waals surface area contributed by atoms with E-state index in [2.05, 4.69) is 34.2 Å². The summed E-state index contributed by atoms with van der Waals surface area (Å²) >= 11 is 3.35. The number of hydrogen-bond donors (Lipinski definition) is 1. The second-order valence-corrected chi connectivity index (χ2v) is 6.32. The molecule has 88 valence electrons. The first kappa shape index (κ1) is 13.2. The Morgan fingerprint density at radius 3 is 2.56 bits per heavy atom. The molecule has 1 amide bonds. The molecule has 0 saturated heterocycles. The maximum absolute atomic E-state index is 11.8. The highest BCUT2D eigenvalue weighted by Crippen LogP contribution is 2.22. The number of benzene rings is 1. The number of hydrogen-bond acceptors (Lipinski definition) is 1. The van der Waals surface area contributed by atoms with Crippen LogP contribution in [-0.4, -0.2) is 10.2 Å². The summed E-state index contributed by atoms with van der Waals surface area (Å²) in [6, 6.07) is 7.94. The van der Waals surface area contributed by atoms with Gasteiger partial charge in [0, 0.05) is 5.69 Å². The summed E-state index contributed by atoms with van der Waals surface area (Å²) < 4.78 is -0.535. The van der Waals surface area contributed by atoms with Crippen molar-refractivity contribution in [1.29, 1.82) is 0 Å². The van der Waals surface area contributed by atoms with Gasteiger partial charge in [-0.3, -0.25) is 4.79 Å². The number of carbonyl (C=O) groups excluding carboxylic acids is 1. The molecule has 1 rings (SSSR count). The van der Waals surface area contributed by atoms with Gasteiger partial charge in [0.15, 0.2) is 0 Å². The Labute approximate surface area is 106 Å². The van der Waals surface area contributed by atoms with Crippen LogP contribution in [0.4, 0.5) is 5.69 Å². The van der Waals surface area contributed by atoms with E-state index in [-0.39, 0.29) is 5.91 Å². The summed E-state index contributed by atoms with van der Waals surface area (Å²) in [5.74, 6) is -0.0175. The second kappa shape index (κ2) is 5.48. The van der Waals surface area contributed by atoms with Crippen molar-refractivity contribution in [3.63, 3.8) is 0 Å². The zero-order chi connectivity index (χ0) is 12.2. The van der Waals surface area contributed by atoms with Crippen molar-refractivity contribution in [3.05, 3.63) is 29.8 Å². The van der Waals surface area contributed by atoms with Crippen LogP contribution in [0.2, 0.25) is 0 Å². The molecule has 0 aliphatic rings. The molecule has 0 atom stereocenters. The SMILES string of the molecule is CCCc1ccccc1NC(=O)C(C)(C)Br. The first-order valence-corrected chi connectivity index (χ1v) is 6.32. The Morgan fingerprint density at radius 2 is 2.00 bits per heavy atom. The minimum Gasteiger partial charge on any atom is -0.325 e. The van der Waals surface area contributed by atoms with E-state index in [1.165, 1.54) is 5.56 Å². The highest BCUT2D eigenvalue weighted by atomic mass is 79.9. The molecule has 0 aliphatic carbocycles. The lowest BCUT2D eigenvalue weighted by molar-refractivity contribution is -0.117. The standard InChI is InChI=1S/C13H18BrNO/c1-4-7-10-8-5-6-9-11(10)15-12(16)13(2,3)14/h5-6,8-9H,4,7H2,1-3H3,(H,15,16). The first-order valence-electron chi connectivity index (χ1n) is 5.53. The average molecular weight is 284 g/mol. The molecule has 3 heteroatoms. The lowest BCUT2D eigenvalue weighted by Crippen LogP contribution is -2.31. The van der Waals surface area contributed by atoms with Crippen LogP contribution >= 0.6 is 15.9 Å². The average Bonchev–Trinajstić information content (AvgIpc) is 2.20. The lowest BCUT2D eigenvalue weighted by atomic mass is 10.1. The van der Waals surface area contributed by atoms with Crippen LogP contribution < -0.4 is 5.32 Å². The van der Waals surface area contributed by atoms with Crippen LogP contribution in [-0.2, 0) is 11.2 Å². The molecule has 16 heavy (non-hydrogen) atoms. The molecule has 2 nitrogen and oxygen atoms in total. The number of aryl methyl sites for hydroxylation is 1. The van der Waals surface area contributed by atoms with Gasteiger partial charge < -0.3 is 5.32 Å². The number of halogens is 1. The monoisotopic (exact) mass is 283 g/mol. The van der Waals surface area contributed by atoms with Crippen LogP contribution in [0.15, 0.2) is 24.3 Å². The maximum atomic E-state index is 11.8. The zero-order valence-electron chi connectivity index (χ0n) is 10.0. The van der Waals surface area contributed by atoms with Crippen LogP contribution in [0.3, 0.4) is 0 Å². The Bertz CT molecular complexity index is 368. The van der Waals surface area contributed by atoms with Crippen molar-refractivity contribution in [2.45, 2.75) is 37.9 Å². The van der Waals surface area contributed by atoms with Gasteiger partial charge in [-0.05, 0) is 31.9 Å². The zero-order valence-corrected chi connectivity index (χ0v) is 11.6. The van der Waals surface area contributed by atoms with Gasteiger partial charge in [-0.2, -0.15) is 0 Å². The smallest absolute Gasteiger partial charge is 0.240 e. The molecule has 0 saturated carbocycles. The van der Waals surface area contributed by atoms with Gasteiger partial charge in [0.25, 0.3) is 0 Å². The molecule has 0 unspecified atom stereocenters. The third kappa shape index (κ3) is 3.63. The number of alkyl halides is 1. The van der Waals surface area contributed by atoms with Crippen molar-refractivity contribution < 1.29 is 4.79 Å². The van der Waals surface area contributed by atoms with Crippen LogP contribution in [0, 0.1) is 0 Å². The fourth-order valence-electron chi connectivity index (χ4n) is 1.40. The molecular weight excluding hydrogens is 266 g/mol. The topological polar surface area (TPSA) is 29.1 Å². The molecule has 0 fully saturated rings. The van der Waals surface area contributed by atoms with Crippen molar-refractivity contribution >= 4 is 27.5 Å². The molecule has 1 aromatic rings. The number of para-hydroxylation sites is 1. The molecule has 0 radical (unpaired) electrons. The van der Waals surface area contributed by atoms with Crippen molar-refractivity contribution in [1.82, 2.24) is 0 Å². The Morgan fingerprint density at radius 1 is 1.38 bits per heavy atom. The molecule has 0 bridgehead atoms. The van der Waals surface area contributed by atoms with Crippen LogP contribution in [0.5, 0.6) is 0 Å². The van der Waals surface area contributed by atoms with Crippen LogP contribution in [0.1, 0.15) is 32.8 Å². The molecule has 0 spiro atoms. The predicted octanol–water partition coefficient (Wildman–Crippen LogP) is 3.75. The second-order valence-electron chi connectivity index (χ2n) is 4.33. The molecule has 0 aliphatic heterocycles. The minimum atomic E-state index is -0.535. The van der Waals surface area contributed by atoms with Gasteiger partial charge in [-0.15, -0.1) is 0 Å². The summed E-state index contributed by atoms with van der Waals surface area (Å²) in [5.41, 5.74) is 2.11. The van der Waals surface area contributed by atoms with Crippen molar-refractivity contribution in [2.24, 2.45) is 0 Å². The van der Waals surface area contributed by atoms with Gasteiger partial charge in [-0.1, -0.05) is 47.5 Å². The number of amides is 1. The highest BCUT2D eigenvalue weighted by molar-refractivity contribution is 9.10. The lowest BCUT2D eigenvalue weighted by Gasteiger charge is -2.17. The molecule has 1 N–H and O–H groups in total. The quantitative estimate of drug-likeness (QED) is 0.838. The van der Waals surface area contributed by atoms with E-state index in [1.807, 2.05) is 32.0 Å². The van der Waals surface area contributed by atoms with E-state index in [1.54, 1.807) is 0 Å². The fourth-order valence-corrected chi connectivity index (χ4v) is 1.50. The Balaban J connectivity index is 2.84. The summed E-state index contributed by atoms with van der Waals surface area (Å²) in [4.78, 5) is 11.8. The Kier molecular flexibility index (Phi) is 4.54. The normalized spacial score (nSPS) is 11.2. The summed E-state index contributed by atoms with van der Waals surface area (Å²) in [7, 11) is 0. The molecule has 0 heterocycles. The van der Waals surface area contributed by atoms with Gasteiger partial charge in [0.1, 0.15) is 0 Å². The van der Waals surface area contributed by atoms with E-state index >= 15 is 0 Å². The van der Waals surface area contributed by atoms with Gasteiger partial charge >= 0.3 is 0 Å². The number of carbonyl (C=O) groups is 1. The highest BCUT2D eigenvalue weighted by Gasteiger charge is 2.23. The molecule has 1 aromatic carbocycles. The minimum absolute atomic E-state index is 0.0175. The largest absolute Gasteiger partial charge is 0.325 e. The summed E-state index contributed by atoms with van der Waals surface area (Å²) in [5, 5.41) is 2.95. The number of rotatable bonds is 4. The van der Waals surface area contributed by atoms with E-state index in [0.717, 1.165) is 18.5 Å². The van der Waals surface area contributed by atoms with Gasteiger partial charge in [-0.25, -0.2) is 0 Å².